The molecule has 0 spiro atoms. The van der Waals surface area contributed by atoms with Gasteiger partial charge in [0.2, 0.25) is 0 Å². The molecule has 5 heteroatoms. The molecule has 0 amide bonds. The van der Waals surface area contributed by atoms with Crippen LogP contribution in [0.5, 0.6) is 5.75 Å². The predicted molar refractivity (Wildman–Crippen MR) is 61.0 cm³/mol. The first kappa shape index (κ1) is 11.1. The fourth-order valence-corrected chi connectivity index (χ4v) is 1.53. The molecule has 5 nitrogen and oxygen atoms in total. The van der Waals surface area contributed by atoms with Crippen molar-refractivity contribution in [3.05, 3.63) is 42.4 Å². The summed E-state index contributed by atoms with van der Waals surface area (Å²) >= 11 is 0. The van der Waals surface area contributed by atoms with Gasteiger partial charge in [0.1, 0.15) is 11.4 Å². The Morgan fingerprint density at radius 2 is 2.18 bits per heavy atom. The van der Waals surface area contributed by atoms with E-state index in [1.807, 2.05) is 0 Å². The quantitative estimate of drug-likeness (QED) is 0.871. The zero-order valence-electron chi connectivity index (χ0n) is 9.12. The van der Waals surface area contributed by atoms with Crippen LogP contribution < -0.4 is 4.74 Å². The molecule has 0 aromatic carbocycles. The highest BCUT2D eigenvalue weighted by Gasteiger charge is 2.15. The van der Waals surface area contributed by atoms with Crippen LogP contribution in [0.25, 0.3) is 11.3 Å². The summed E-state index contributed by atoms with van der Waals surface area (Å²) in [5, 5.41) is 9.09. The predicted octanol–water partition coefficient (Wildman–Crippen LogP) is 1.85. The van der Waals surface area contributed by atoms with Crippen molar-refractivity contribution in [2.24, 2.45) is 0 Å². The van der Waals surface area contributed by atoms with Crippen molar-refractivity contribution in [1.82, 2.24) is 9.97 Å². The molecule has 0 aliphatic heterocycles. The zero-order chi connectivity index (χ0) is 12.3. The SMILES string of the molecule is COc1cccnc1-c1cnccc1C(=O)O. The Balaban J connectivity index is 2.64. The summed E-state index contributed by atoms with van der Waals surface area (Å²) in [6, 6.07) is 4.88. The highest BCUT2D eigenvalue weighted by molar-refractivity contribution is 5.95. The van der Waals surface area contributed by atoms with Crippen LogP contribution in [0.3, 0.4) is 0 Å². The number of carbonyl (C=O) groups is 1. The maximum Gasteiger partial charge on any atom is 0.336 e. The van der Waals surface area contributed by atoms with Crippen molar-refractivity contribution < 1.29 is 14.6 Å². The van der Waals surface area contributed by atoms with E-state index in [9.17, 15) is 4.79 Å². The monoisotopic (exact) mass is 230 g/mol. The van der Waals surface area contributed by atoms with Crippen molar-refractivity contribution >= 4 is 5.97 Å². The molecule has 2 rings (SSSR count). The Kier molecular flexibility index (Phi) is 3.00. The number of pyridine rings is 2. The fourth-order valence-electron chi connectivity index (χ4n) is 1.53. The van der Waals surface area contributed by atoms with Crippen LogP contribution >= 0.6 is 0 Å². The summed E-state index contributed by atoms with van der Waals surface area (Å²) in [5.74, 6) is -0.502. The van der Waals surface area contributed by atoms with E-state index in [1.54, 1.807) is 18.3 Å². The molecular weight excluding hydrogens is 220 g/mol. The second-order valence-corrected chi connectivity index (χ2v) is 3.28. The Labute approximate surface area is 97.7 Å². The molecule has 2 aromatic heterocycles. The van der Waals surface area contributed by atoms with E-state index in [-0.39, 0.29) is 5.56 Å². The summed E-state index contributed by atoms with van der Waals surface area (Å²) in [4.78, 5) is 19.2. The van der Waals surface area contributed by atoms with E-state index < -0.39 is 5.97 Å². The third kappa shape index (κ3) is 2.08. The summed E-state index contributed by atoms with van der Waals surface area (Å²) in [5.41, 5.74) is 1.06. The van der Waals surface area contributed by atoms with Crippen LogP contribution in [-0.4, -0.2) is 28.2 Å². The molecule has 0 saturated carbocycles. The van der Waals surface area contributed by atoms with Gasteiger partial charge in [-0.05, 0) is 18.2 Å². The number of aromatic carboxylic acids is 1. The number of nitrogens with zero attached hydrogens (tertiary/aromatic N) is 2. The number of methoxy groups -OCH3 is 1. The molecule has 2 aromatic rings. The number of aromatic nitrogens is 2. The van der Waals surface area contributed by atoms with Crippen LogP contribution in [0.2, 0.25) is 0 Å². The van der Waals surface area contributed by atoms with E-state index >= 15 is 0 Å². The minimum Gasteiger partial charge on any atom is -0.494 e. The van der Waals surface area contributed by atoms with Crippen LogP contribution in [0.15, 0.2) is 36.8 Å². The second kappa shape index (κ2) is 4.61. The van der Waals surface area contributed by atoms with Gasteiger partial charge in [-0.2, -0.15) is 0 Å². The number of hydrogen-bond acceptors (Lipinski definition) is 4. The van der Waals surface area contributed by atoms with Crippen LogP contribution in [0.1, 0.15) is 10.4 Å². The van der Waals surface area contributed by atoms with E-state index in [0.29, 0.717) is 17.0 Å². The minimum atomic E-state index is -1.02. The molecule has 17 heavy (non-hydrogen) atoms. The Bertz CT molecular complexity index is 555. The largest absolute Gasteiger partial charge is 0.494 e. The Hall–Kier alpha value is -2.43. The first-order chi connectivity index (χ1) is 8.24. The van der Waals surface area contributed by atoms with Crippen molar-refractivity contribution in [3.8, 4) is 17.0 Å². The highest BCUT2D eigenvalue weighted by Crippen LogP contribution is 2.29. The number of carboxylic acids is 1. The van der Waals surface area contributed by atoms with Crippen LogP contribution in [0, 0.1) is 0 Å². The first-order valence-electron chi connectivity index (χ1n) is 4.90. The van der Waals surface area contributed by atoms with Gasteiger partial charge >= 0.3 is 5.97 Å². The molecule has 0 bridgehead atoms. The fraction of sp³-hybridized carbons (Fsp3) is 0.0833. The molecule has 0 fully saturated rings. The zero-order valence-corrected chi connectivity index (χ0v) is 9.12. The molecular formula is C12H10N2O3. The molecule has 0 atom stereocenters. The summed E-state index contributed by atoms with van der Waals surface area (Å²) in [6.07, 6.45) is 4.48. The maximum absolute atomic E-state index is 11.1. The average molecular weight is 230 g/mol. The minimum absolute atomic E-state index is 0.150. The lowest BCUT2D eigenvalue weighted by atomic mass is 10.1. The van der Waals surface area contributed by atoms with Gasteiger partial charge in [-0.1, -0.05) is 0 Å². The first-order valence-corrected chi connectivity index (χ1v) is 4.90. The average Bonchev–Trinajstić information content (AvgIpc) is 2.38. The van der Waals surface area contributed by atoms with Crippen molar-refractivity contribution in [2.75, 3.05) is 7.11 Å². The summed E-state index contributed by atoms with van der Waals surface area (Å²) in [7, 11) is 1.51. The van der Waals surface area contributed by atoms with E-state index in [4.69, 9.17) is 9.84 Å². The van der Waals surface area contributed by atoms with E-state index in [0.717, 1.165) is 0 Å². The number of ether oxygens (including phenoxy) is 1. The van der Waals surface area contributed by atoms with E-state index in [1.165, 1.54) is 25.6 Å². The Morgan fingerprint density at radius 3 is 2.88 bits per heavy atom. The van der Waals surface area contributed by atoms with Crippen LogP contribution in [0.4, 0.5) is 0 Å². The van der Waals surface area contributed by atoms with Gasteiger partial charge in [0.15, 0.2) is 0 Å². The lowest BCUT2D eigenvalue weighted by molar-refractivity contribution is 0.0697. The normalized spacial score (nSPS) is 9.94. The van der Waals surface area contributed by atoms with Gasteiger partial charge in [0.05, 0.1) is 12.7 Å². The molecule has 86 valence electrons. The topological polar surface area (TPSA) is 72.3 Å². The maximum atomic E-state index is 11.1. The molecule has 0 saturated heterocycles. The number of rotatable bonds is 3. The molecule has 0 radical (unpaired) electrons. The van der Waals surface area contributed by atoms with Crippen molar-refractivity contribution in [3.63, 3.8) is 0 Å². The number of hydrogen-bond donors (Lipinski definition) is 1. The molecule has 0 unspecified atom stereocenters. The molecule has 0 aliphatic carbocycles. The molecule has 1 N–H and O–H groups in total. The third-order valence-electron chi connectivity index (χ3n) is 2.30. The second-order valence-electron chi connectivity index (χ2n) is 3.28. The molecule has 0 aliphatic rings. The lowest BCUT2D eigenvalue weighted by Gasteiger charge is -2.08. The van der Waals surface area contributed by atoms with Crippen LogP contribution in [-0.2, 0) is 0 Å². The van der Waals surface area contributed by atoms with Crippen molar-refractivity contribution in [2.45, 2.75) is 0 Å². The Morgan fingerprint density at radius 1 is 1.35 bits per heavy atom. The van der Waals surface area contributed by atoms with Gasteiger partial charge in [0.25, 0.3) is 0 Å². The van der Waals surface area contributed by atoms with E-state index in [2.05, 4.69) is 9.97 Å². The van der Waals surface area contributed by atoms with Crippen molar-refractivity contribution in [1.29, 1.82) is 0 Å². The van der Waals surface area contributed by atoms with Gasteiger partial charge in [-0.25, -0.2) is 4.79 Å². The van der Waals surface area contributed by atoms with Gasteiger partial charge in [0, 0.05) is 24.2 Å². The lowest BCUT2D eigenvalue weighted by Crippen LogP contribution is -2.02. The van der Waals surface area contributed by atoms with Gasteiger partial charge in [-0.3, -0.25) is 9.97 Å². The summed E-state index contributed by atoms with van der Waals surface area (Å²) < 4.78 is 5.15. The number of carboxylic acid groups (broad SMARTS) is 1. The standard InChI is InChI=1S/C12H10N2O3/c1-17-10-3-2-5-14-11(10)9-7-13-6-4-8(9)12(15)16/h2-7H,1H3,(H,15,16). The summed E-state index contributed by atoms with van der Waals surface area (Å²) in [6.45, 7) is 0. The van der Waals surface area contributed by atoms with Gasteiger partial charge < -0.3 is 9.84 Å². The van der Waals surface area contributed by atoms with Gasteiger partial charge in [-0.15, -0.1) is 0 Å². The highest BCUT2D eigenvalue weighted by atomic mass is 16.5. The smallest absolute Gasteiger partial charge is 0.336 e. The third-order valence-corrected chi connectivity index (χ3v) is 2.30. The molecule has 2 heterocycles.